The average molecular weight is 975 g/mol. The molecule has 1 unspecified atom stereocenters. The van der Waals surface area contributed by atoms with Crippen molar-refractivity contribution in [1.82, 2.24) is 10.6 Å². The standard InChI is InChI=1S/C44H46N8O18/c45-43(46)49-27-5-1-23(2-6-27)41(63)69-31-17-25(37(57)51-33(39(59)60)21-35(53)54)15-29(19-31)67-13-11-65-9-10-66-12-14-68-30-16-26(38(58)52-34(40(61)62)22-36(55)56)18-32(20-30)70-42(64)24-3-7-28(8-4-24)50-44(47)48/h1-8,15-20,33-34H,9-14,21-22H2,(H,51,57)(H,52,58)(H,53,54)(H,55,56)(H,59,60)(H,61,62)(H4,45,46,49)(H4,47,48,50)/t33-,34?/m1/s1. The van der Waals surface area contributed by atoms with Crippen molar-refractivity contribution in [2.24, 2.45) is 32.9 Å². The molecule has 2 atom stereocenters. The van der Waals surface area contributed by atoms with Crippen molar-refractivity contribution in [3.63, 3.8) is 0 Å². The fourth-order valence-electron chi connectivity index (χ4n) is 5.66. The number of nitrogens with one attached hydrogen (secondary N) is 2. The van der Waals surface area contributed by atoms with E-state index in [-0.39, 0.29) is 96.8 Å². The first-order chi connectivity index (χ1) is 33.3. The van der Waals surface area contributed by atoms with Crippen LogP contribution in [-0.2, 0) is 28.7 Å². The third-order valence-corrected chi connectivity index (χ3v) is 8.76. The van der Waals surface area contributed by atoms with E-state index in [2.05, 4.69) is 20.6 Å². The van der Waals surface area contributed by atoms with Crippen LogP contribution in [0.2, 0.25) is 0 Å². The number of nitrogens with zero attached hydrogens (tertiary/aromatic N) is 2. The molecule has 14 N–H and O–H groups in total. The van der Waals surface area contributed by atoms with Gasteiger partial charge in [0.25, 0.3) is 11.8 Å². The number of carbonyl (C=O) groups excluding carboxylic acids is 4. The Kier molecular flexibility index (Phi) is 19.9. The van der Waals surface area contributed by atoms with Crippen LogP contribution in [0, 0.1) is 0 Å². The lowest BCUT2D eigenvalue weighted by Crippen LogP contribution is -2.42. The number of hydrogen-bond donors (Lipinski definition) is 10. The van der Waals surface area contributed by atoms with E-state index in [4.69, 9.17) is 61.6 Å². The largest absolute Gasteiger partial charge is 0.491 e. The SMILES string of the molecule is NC(N)=Nc1ccc(C(=O)Oc2cc(OCCOCCOCCOc3cc(OC(=O)c4ccc(N=C(N)N)cc4)cc(C(=O)N[C@H](CC(=O)O)C(=O)O)c3)cc(C(=O)NC(CC(=O)O)C(=O)O)c2)cc1. The highest BCUT2D eigenvalue weighted by Crippen LogP contribution is 2.27. The normalized spacial score (nSPS) is 11.4. The fourth-order valence-corrected chi connectivity index (χ4v) is 5.66. The van der Waals surface area contributed by atoms with E-state index in [0.29, 0.717) is 11.4 Å². The number of esters is 2. The summed E-state index contributed by atoms with van der Waals surface area (Å²) < 4.78 is 33.4. The molecule has 0 saturated carbocycles. The number of carboxylic acid groups (broad SMARTS) is 4. The molecule has 4 aromatic carbocycles. The molecule has 0 aliphatic carbocycles. The zero-order valence-electron chi connectivity index (χ0n) is 36.6. The minimum absolute atomic E-state index is 0.0136. The summed E-state index contributed by atoms with van der Waals surface area (Å²) in [4.78, 5) is 105. The van der Waals surface area contributed by atoms with E-state index in [1.807, 2.05) is 0 Å². The number of aliphatic imine (C=N–C) groups is 2. The summed E-state index contributed by atoms with van der Waals surface area (Å²) in [5.74, 6) is -10.7. The highest BCUT2D eigenvalue weighted by molar-refractivity contribution is 6.00. The van der Waals surface area contributed by atoms with Crippen LogP contribution in [0.4, 0.5) is 11.4 Å². The van der Waals surface area contributed by atoms with Crippen molar-refractivity contribution in [2.45, 2.75) is 24.9 Å². The number of ether oxygens (including phenoxy) is 6. The molecule has 0 aromatic heterocycles. The molecular weight excluding hydrogens is 929 g/mol. The number of carboxylic acids is 4. The van der Waals surface area contributed by atoms with Gasteiger partial charge in [-0.1, -0.05) is 0 Å². The highest BCUT2D eigenvalue weighted by Gasteiger charge is 2.26. The van der Waals surface area contributed by atoms with Gasteiger partial charge in [0.05, 0.1) is 61.8 Å². The second kappa shape index (κ2) is 26.1. The number of benzene rings is 4. The maximum atomic E-state index is 13.1. The first-order valence-electron chi connectivity index (χ1n) is 20.3. The van der Waals surface area contributed by atoms with Crippen LogP contribution in [0.3, 0.4) is 0 Å². The summed E-state index contributed by atoms with van der Waals surface area (Å²) in [5, 5.41) is 41.2. The summed E-state index contributed by atoms with van der Waals surface area (Å²) in [5.41, 5.74) is 21.9. The van der Waals surface area contributed by atoms with E-state index in [1.165, 1.54) is 72.8 Å². The summed E-state index contributed by atoms with van der Waals surface area (Å²) in [6, 6.07) is 14.9. The maximum absolute atomic E-state index is 13.1. The molecule has 4 rings (SSSR count). The molecule has 0 fully saturated rings. The fraction of sp³-hybridized carbons (Fsp3) is 0.227. The Morgan fingerprint density at radius 1 is 0.457 bits per heavy atom. The van der Waals surface area contributed by atoms with Crippen molar-refractivity contribution in [3.8, 4) is 23.0 Å². The maximum Gasteiger partial charge on any atom is 0.343 e. The van der Waals surface area contributed by atoms with Gasteiger partial charge in [-0.25, -0.2) is 29.2 Å². The van der Waals surface area contributed by atoms with Crippen LogP contribution in [0.15, 0.2) is 94.9 Å². The zero-order valence-corrected chi connectivity index (χ0v) is 36.6. The van der Waals surface area contributed by atoms with E-state index in [1.54, 1.807) is 0 Å². The topological polar surface area (TPSA) is 426 Å². The number of amides is 2. The van der Waals surface area contributed by atoms with Crippen LogP contribution >= 0.6 is 0 Å². The van der Waals surface area contributed by atoms with Crippen LogP contribution in [0.25, 0.3) is 0 Å². The lowest BCUT2D eigenvalue weighted by molar-refractivity contribution is -0.145. The third kappa shape index (κ3) is 18.2. The monoisotopic (exact) mass is 974 g/mol. The lowest BCUT2D eigenvalue weighted by Gasteiger charge is -2.15. The van der Waals surface area contributed by atoms with Gasteiger partial charge >= 0.3 is 35.8 Å². The number of guanidine groups is 2. The average Bonchev–Trinajstić information content (AvgIpc) is 3.28. The lowest BCUT2D eigenvalue weighted by atomic mass is 10.1. The minimum Gasteiger partial charge on any atom is -0.491 e. The highest BCUT2D eigenvalue weighted by atomic mass is 16.6. The van der Waals surface area contributed by atoms with Gasteiger partial charge in [0.15, 0.2) is 11.9 Å². The van der Waals surface area contributed by atoms with Crippen molar-refractivity contribution >= 4 is 70.9 Å². The number of aliphatic carboxylic acids is 4. The molecule has 26 nitrogen and oxygen atoms in total. The van der Waals surface area contributed by atoms with Crippen LogP contribution in [0.1, 0.15) is 54.3 Å². The summed E-state index contributed by atoms with van der Waals surface area (Å²) >= 11 is 0. The van der Waals surface area contributed by atoms with Gasteiger partial charge in [0, 0.05) is 23.3 Å². The van der Waals surface area contributed by atoms with E-state index >= 15 is 0 Å². The molecule has 0 spiro atoms. The molecule has 4 aromatic rings. The molecule has 0 heterocycles. The summed E-state index contributed by atoms with van der Waals surface area (Å²) in [6.45, 7) is -0.206. The van der Waals surface area contributed by atoms with Crippen molar-refractivity contribution in [2.75, 3.05) is 39.6 Å². The molecule has 0 radical (unpaired) electrons. The Labute approximate surface area is 395 Å². The zero-order chi connectivity index (χ0) is 51.3. The Morgan fingerprint density at radius 2 is 0.786 bits per heavy atom. The van der Waals surface area contributed by atoms with Gasteiger partial charge in [-0.2, -0.15) is 0 Å². The Bertz CT molecular complexity index is 2440. The smallest absolute Gasteiger partial charge is 0.343 e. The van der Waals surface area contributed by atoms with E-state index < -0.39 is 72.6 Å². The predicted molar refractivity (Wildman–Crippen MR) is 242 cm³/mol. The Morgan fingerprint density at radius 3 is 1.10 bits per heavy atom. The molecule has 370 valence electrons. The number of rotatable bonds is 27. The molecule has 0 bridgehead atoms. The van der Waals surface area contributed by atoms with Crippen LogP contribution < -0.4 is 52.5 Å². The Hall–Kier alpha value is -9.30. The number of carbonyl (C=O) groups is 8. The molecule has 0 aliphatic rings. The van der Waals surface area contributed by atoms with Gasteiger partial charge < -0.3 is 82.4 Å². The minimum atomic E-state index is -1.79. The number of nitrogens with two attached hydrogens (primary N) is 4. The second-order valence-electron chi connectivity index (χ2n) is 14.2. The molecule has 0 aliphatic heterocycles. The summed E-state index contributed by atoms with van der Waals surface area (Å²) in [6.07, 6.45) is -1.84. The van der Waals surface area contributed by atoms with E-state index in [0.717, 1.165) is 12.1 Å². The molecular formula is C44H46N8O18. The predicted octanol–water partition coefficient (Wildman–Crippen LogP) is 0.741. The van der Waals surface area contributed by atoms with Crippen LogP contribution in [-0.4, -0.2) is 132 Å². The first kappa shape index (κ1) is 53.3. The molecule has 70 heavy (non-hydrogen) atoms. The molecule has 2 amide bonds. The van der Waals surface area contributed by atoms with Gasteiger partial charge in [0.1, 0.15) is 48.3 Å². The molecule has 0 saturated heterocycles. The third-order valence-electron chi connectivity index (χ3n) is 8.76. The second-order valence-corrected chi connectivity index (χ2v) is 14.2. The van der Waals surface area contributed by atoms with Crippen molar-refractivity contribution in [1.29, 1.82) is 0 Å². The van der Waals surface area contributed by atoms with Crippen molar-refractivity contribution < 1.29 is 87.2 Å². The first-order valence-corrected chi connectivity index (χ1v) is 20.3. The number of hydrogen-bond acceptors (Lipinski definition) is 16. The quantitative estimate of drug-likeness (QED) is 0.0129. The summed E-state index contributed by atoms with van der Waals surface area (Å²) in [7, 11) is 0. The van der Waals surface area contributed by atoms with Crippen LogP contribution in [0.5, 0.6) is 23.0 Å². The van der Waals surface area contributed by atoms with Gasteiger partial charge in [-0.05, 0) is 72.8 Å². The molecule has 26 heteroatoms. The van der Waals surface area contributed by atoms with E-state index in [9.17, 15) is 48.6 Å². The van der Waals surface area contributed by atoms with Gasteiger partial charge in [-0.3, -0.25) is 19.2 Å². The Balaban J connectivity index is 1.34. The van der Waals surface area contributed by atoms with Gasteiger partial charge in [0.2, 0.25) is 0 Å². The van der Waals surface area contributed by atoms with Crippen molar-refractivity contribution in [3.05, 3.63) is 107 Å². The van der Waals surface area contributed by atoms with Gasteiger partial charge in [-0.15, -0.1) is 0 Å².